The maximum absolute atomic E-state index is 10.5. The third kappa shape index (κ3) is 3.04. The Hall–Kier alpha value is -1.59. The van der Waals surface area contributed by atoms with E-state index in [4.69, 9.17) is 16.3 Å². The summed E-state index contributed by atoms with van der Waals surface area (Å²) in [5.74, 6) is 1.13. The number of fused-ring (bicyclic) bond motifs is 1. The molecule has 1 aromatic heterocycles. The van der Waals surface area contributed by atoms with Crippen LogP contribution in [0.5, 0.6) is 5.75 Å². The van der Waals surface area contributed by atoms with E-state index in [1.165, 1.54) is 6.42 Å². The maximum atomic E-state index is 10.5. The van der Waals surface area contributed by atoms with E-state index in [1.807, 2.05) is 0 Å². The van der Waals surface area contributed by atoms with Crippen LogP contribution in [0.4, 0.5) is 5.82 Å². The Balaban J connectivity index is 1.91. The maximum Gasteiger partial charge on any atom is 0.147 e. The summed E-state index contributed by atoms with van der Waals surface area (Å²) >= 11 is 6.07. The molecule has 0 radical (unpaired) electrons. The van der Waals surface area contributed by atoms with Crippen molar-refractivity contribution in [3.63, 3.8) is 0 Å². The molecule has 1 heterocycles. The lowest BCUT2D eigenvalue weighted by atomic mass is 9.92. The fourth-order valence-corrected chi connectivity index (χ4v) is 2.97. The quantitative estimate of drug-likeness (QED) is 0.851. The van der Waals surface area contributed by atoms with Crippen LogP contribution in [-0.2, 0) is 0 Å². The Labute approximate surface area is 128 Å². The number of hydrogen-bond acceptors (Lipinski definition) is 5. The molecule has 0 bridgehead atoms. The highest BCUT2D eigenvalue weighted by molar-refractivity contribution is 6.32. The number of halogens is 1. The zero-order chi connectivity index (χ0) is 14.9. The number of anilines is 1. The van der Waals surface area contributed by atoms with Gasteiger partial charge in [0.2, 0.25) is 0 Å². The Morgan fingerprint density at radius 3 is 2.71 bits per heavy atom. The Bertz CT molecular complexity index is 657. The van der Waals surface area contributed by atoms with E-state index in [0.717, 1.165) is 25.7 Å². The van der Waals surface area contributed by atoms with E-state index in [0.29, 0.717) is 27.6 Å². The fraction of sp³-hybridized carbons (Fsp3) is 0.467. The van der Waals surface area contributed by atoms with Crippen molar-refractivity contribution in [3.05, 3.63) is 23.4 Å². The number of nitrogens with zero attached hydrogens (tertiary/aromatic N) is 2. The predicted molar refractivity (Wildman–Crippen MR) is 82.8 cm³/mol. The highest BCUT2D eigenvalue weighted by Gasteiger charge is 2.29. The van der Waals surface area contributed by atoms with Gasteiger partial charge in [-0.25, -0.2) is 4.98 Å². The summed E-state index contributed by atoms with van der Waals surface area (Å²) in [6, 6.07) is 3.47. The highest BCUT2D eigenvalue weighted by Crippen LogP contribution is 2.31. The van der Waals surface area contributed by atoms with Crippen LogP contribution in [0.2, 0.25) is 5.02 Å². The van der Waals surface area contributed by atoms with Gasteiger partial charge in [-0.2, -0.15) is 0 Å². The smallest absolute Gasteiger partial charge is 0.147 e. The lowest BCUT2D eigenvalue weighted by Crippen LogP contribution is -2.40. The second-order valence-corrected chi connectivity index (χ2v) is 5.86. The number of aliphatic hydroxyl groups is 1. The van der Waals surface area contributed by atoms with E-state index >= 15 is 0 Å². The molecule has 112 valence electrons. The Morgan fingerprint density at radius 1 is 1.24 bits per heavy atom. The Morgan fingerprint density at radius 2 is 2.00 bits per heavy atom. The minimum absolute atomic E-state index is 0.505. The molecule has 1 aliphatic rings. The largest absolute Gasteiger partial charge is 0.495 e. The van der Waals surface area contributed by atoms with Gasteiger partial charge in [0.15, 0.2) is 0 Å². The molecule has 0 atom stereocenters. The van der Waals surface area contributed by atoms with Crippen molar-refractivity contribution >= 4 is 28.5 Å². The van der Waals surface area contributed by atoms with Gasteiger partial charge in [0.05, 0.1) is 29.4 Å². The van der Waals surface area contributed by atoms with Gasteiger partial charge in [0, 0.05) is 6.07 Å². The molecule has 0 saturated heterocycles. The van der Waals surface area contributed by atoms with Crippen LogP contribution in [0.15, 0.2) is 18.3 Å². The molecule has 5 nitrogen and oxygen atoms in total. The highest BCUT2D eigenvalue weighted by atomic mass is 35.5. The van der Waals surface area contributed by atoms with E-state index in [1.54, 1.807) is 25.4 Å². The second-order valence-electron chi connectivity index (χ2n) is 5.45. The molecular formula is C15H18ClN3O2. The molecule has 0 amide bonds. The first-order valence-electron chi connectivity index (χ1n) is 7.10. The minimum Gasteiger partial charge on any atom is -0.495 e. The van der Waals surface area contributed by atoms with E-state index < -0.39 is 5.72 Å². The van der Waals surface area contributed by atoms with Crippen molar-refractivity contribution in [1.29, 1.82) is 0 Å². The Kier molecular flexibility index (Phi) is 3.87. The summed E-state index contributed by atoms with van der Waals surface area (Å²) in [7, 11) is 1.56. The van der Waals surface area contributed by atoms with E-state index in [9.17, 15) is 5.11 Å². The first-order chi connectivity index (χ1) is 10.1. The number of nitrogens with one attached hydrogen (secondary N) is 1. The summed E-state index contributed by atoms with van der Waals surface area (Å²) < 4.78 is 5.19. The van der Waals surface area contributed by atoms with E-state index in [2.05, 4.69) is 15.3 Å². The molecule has 1 saturated carbocycles. The molecule has 0 aliphatic heterocycles. The molecule has 1 aliphatic carbocycles. The van der Waals surface area contributed by atoms with Crippen molar-refractivity contribution in [2.75, 3.05) is 12.4 Å². The molecule has 0 unspecified atom stereocenters. The summed E-state index contributed by atoms with van der Waals surface area (Å²) in [6.07, 6.45) is 6.30. The average molecular weight is 308 g/mol. The number of benzene rings is 1. The molecule has 21 heavy (non-hydrogen) atoms. The van der Waals surface area contributed by atoms with Crippen LogP contribution in [0.25, 0.3) is 11.0 Å². The van der Waals surface area contributed by atoms with Crippen LogP contribution in [0.1, 0.15) is 32.1 Å². The first kappa shape index (κ1) is 14.4. The second kappa shape index (κ2) is 5.66. The molecule has 2 aromatic rings. The van der Waals surface area contributed by atoms with Crippen LogP contribution < -0.4 is 10.1 Å². The third-order valence-corrected chi connectivity index (χ3v) is 4.15. The van der Waals surface area contributed by atoms with Crippen molar-refractivity contribution in [2.45, 2.75) is 37.8 Å². The molecule has 3 rings (SSSR count). The summed E-state index contributed by atoms with van der Waals surface area (Å²) in [5, 5.41) is 14.1. The molecule has 1 aromatic carbocycles. The molecule has 6 heteroatoms. The summed E-state index contributed by atoms with van der Waals surface area (Å²) in [6.45, 7) is 0. The minimum atomic E-state index is -0.878. The van der Waals surface area contributed by atoms with Crippen molar-refractivity contribution in [2.24, 2.45) is 0 Å². The summed E-state index contributed by atoms with van der Waals surface area (Å²) in [5.41, 5.74) is 0.500. The van der Waals surface area contributed by atoms with Gasteiger partial charge in [0.25, 0.3) is 0 Å². The van der Waals surface area contributed by atoms with Crippen LogP contribution in [0.3, 0.4) is 0 Å². The third-order valence-electron chi connectivity index (χ3n) is 3.86. The predicted octanol–water partition coefficient (Wildman–Crippen LogP) is 3.36. The van der Waals surface area contributed by atoms with Gasteiger partial charge in [-0.05, 0) is 31.7 Å². The van der Waals surface area contributed by atoms with Crippen LogP contribution in [-0.4, -0.2) is 27.9 Å². The van der Waals surface area contributed by atoms with Gasteiger partial charge >= 0.3 is 0 Å². The van der Waals surface area contributed by atoms with Gasteiger partial charge < -0.3 is 15.2 Å². The SMILES string of the molecule is COc1cc2nc(NC3(O)CCCCC3)cnc2cc1Cl. The lowest BCUT2D eigenvalue weighted by molar-refractivity contribution is 0.0313. The molecule has 2 N–H and O–H groups in total. The van der Waals surface area contributed by atoms with Crippen LogP contribution in [0, 0.1) is 0 Å². The van der Waals surface area contributed by atoms with Gasteiger partial charge in [-0.1, -0.05) is 18.0 Å². The van der Waals surface area contributed by atoms with E-state index in [-0.39, 0.29) is 0 Å². The lowest BCUT2D eigenvalue weighted by Gasteiger charge is -2.33. The number of hydrogen-bond donors (Lipinski definition) is 2. The fourth-order valence-electron chi connectivity index (χ4n) is 2.73. The topological polar surface area (TPSA) is 67.3 Å². The number of aromatic nitrogens is 2. The number of methoxy groups -OCH3 is 1. The monoisotopic (exact) mass is 307 g/mol. The molecule has 1 fully saturated rings. The standard InChI is InChI=1S/C15H18ClN3O2/c1-21-13-8-12-11(7-10(13)16)17-9-14(18-12)19-15(20)5-3-2-4-6-15/h7-9,20H,2-6H2,1H3,(H,18,19). The molecular weight excluding hydrogens is 290 g/mol. The van der Waals surface area contributed by atoms with Gasteiger partial charge in [-0.3, -0.25) is 4.98 Å². The normalized spacial score (nSPS) is 17.7. The zero-order valence-corrected chi connectivity index (χ0v) is 12.7. The average Bonchev–Trinajstić information content (AvgIpc) is 2.47. The van der Waals surface area contributed by atoms with Crippen molar-refractivity contribution in [1.82, 2.24) is 9.97 Å². The van der Waals surface area contributed by atoms with Crippen LogP contribution >= 0.6 is 11.6 Å². The zero-order valence-electron chi connectivity index (χ0n) is 11.9. The van der Waals surface area contributed by atoms with Gasteiger partial charge in [-0.15, -0.1) is 0 Å². The number of rotatable bonds is 3. The first-order valence-corrected chi connectivity index (χ1v) is 7.48. The van der Waals surface area contributed by atoms with Crippen molar-refractivity contribution in [3.8, 4) is 5.75 Å². The van der Waals surface area contributed by atoms with Gasteiger partial charge in [0.1, 0.15) is 17.3 Å². The number of ether oxygens (including phenoxy) is 1. The van der Waals surface area contributed by atoms with Crippen molar-refractivity contribution < 1.29 is 9.84 Å². The molecule has 0 spiro atoms. The summed E-state index contributed by atoms with van der Waals surface area (Å²) in [4.78, 5) is 8.83.